The first-order valence-electron chi connectivity index (χ1n) is 8.62. The average Bonchev–Trinajstić information content (AvgIpc) is 3.06. The van der Waals surface area contributed by atoms with Crippen molar-refractivity contribution in [1.29, 1.82) is 0 Å². The lowest BCUT2D eigenvalue weighted by atomic mass is 10.2. The summed E-state index contributed by atoms with van der Waals surface area (Å²) >= 11 is 0. The molecule has 0 radical (unpaired) electrons. The number of aryl methyl sites for hydroxylation is 1. The summed E-state index contributed by atoms with van der Waals surface area (Å²) in [5, 5.41) is 13.3. The van der Waals surface area contributed by atoms with Gasteiger partial charge in [-0.1, -0.05) is 6.42 Å². The molecule has 0 saturated carbocycles. The van der Waals surface area contributed by atoms with Crippen LogP contribution in [0, 0.1) is 15.9 Å². The molecule has 1 amide bonds. The molecule has 0 aliphatic carbocycles. The molecule has 2 heterocycles. The molecule has 1 aliphatic rings. The molecular formula is C17H19FN4O5S. The number of hydrogen-bond donors (Lipinski definition) is 1. The minimum Gasteiger partial charge on any atom is -0.345 e. The highest BCUT2D eigenvalue weighted by Crippen LogP contribution is 2.24. The number of rotatable bonds is 5. The van der Waals surface area contributed by atoms with Crippen molar-refractivity contribution < 1.29 is 22.5 Å². The van der Waals surface area contributed by atoms with E-state index in [0.29, 0.717) is 13.1 Å². The molecule has 1 aliphatic heterocycles. The number of halogens is 1. The fourth-order valence-corrected chi connectivity index (χ4v) is 4.67. The van der Waals surface area contributed by atoms with Gasteiger partial charge in [0.2, 0.25) is 15.8 Å². The number of hydrogen-bond acceptors (Lipinski definition) is 5. The summed E-state index contributed by atoms with van der Waals surface area (Å²) in [4.78, 5) is 22.5. The third-order valence-corrected chi connectivity index (χ3v) is 6.43. The Hall–Kier alpha value is -2.79. The van der Waals surface area contributed by atoms with E-state index >= 15 is 0 Å². The van der Waals surface area contributed by atoms with Crippen molar-refractivity contribution in [3.63, 3.8) is 0 Å². The minimum absolute atomic E-state index is 0.00661. The third-order valence-electron chi connectivity index (χ3n) is 4.57. The van der Waals surface area contributed by atoms with Crippen molar-refractivity contribution in [1.82, 2.24) is 8.87 Å². The fourth-order valence-electron chi connectivity index (χ4n) is 3.08. The quantitative estimate of drug-likeness (QED) is 0.601. The number of nitrogens with one attached hydrogen (secondary N) is 1. The van der Waals surface area contributed by atoms with Crippen LogP contribution in [-0.4, -0.2) is 41.2 Å². The highest BCUT2D eigenvalue weighted by molar-refractivity contribution is 7.89. The predicted molar refractivity (Wildman–Crippen MR) is 99.0 cm³/mol. The van der Waals surface area contributed by atoms with Crippen LogP contribution in [0.1, 0.15) is 29.8 Å². The maximum absolute atomic E-state index is 13.4. The molecule has 0 spiro atoms. The van der Waals surface area contributed by atoms with Crippen molar-refractivity contribution in [3.05, 3.63) is 52.1 Å². The average molecular weight is 410 g/mol. The molecule has 150 valence electrons. The molecule has 1 N–H and O–H groups in total. The van der Waals surface area contributed by atoms with Gasteiger partial charge in [-0.25, -0.2) is 8.42 Å². The lowest BCUT2D eigenvalue weighted by Crippen LogP contribution is -2.35. The summed E-state index contributed by atoms with van der Waals surface area (Å²) < 4.78 is 41.7. The summed E-state index contributed by atoms with van der Waals surface area (Å²) in [7, 11) is -2.18. The highest BCUT2D eigenvalue weighted by atomic mass is 32.2. The molecule has 11 heteroatoms. The van der Waals surface area contributed by atoms with Gasteiger partial charge < -0.3 is 9.88 Å². The highest BCUT2D eigenvalue weighted by Gasteiger charge is 2.28. The Morgan fingerprint density at radius 1 is 1.21 bits per heavy atom. The Kier molecular flexibility index (Phi) is 5.47. The van der Waals surface area contributed by atoms with E-state index in [1.54, 1.807) is 0 Å². The van der Waals surface area contributed by atoms with Gasteiger partial charge in [0.25, 0.3) is 5.91 Å². The van der Waals surface area contributed by atoms with Crippen LogP contribution in [0.25, 0.3) is 0 Å². The molecule has 3 rings (SSSR count). The van der Waals surface area contributed by atoms with Gasteiger partial charge in [-0.2, -0.15) is 8.70 Å². The van der Waals surface area contributed by atoms with Gasteiger partial charge in [-0.05, 0) is 31.0 Å². The first-order valence-corrected chi connectivity index (χ1v) is 10.1. The van der Waals surface area contributed by atoms with E-state index in [1.165, 1.54) is 34.2 Å². The van der Waals surface area contributed by atoms with Crippen LogP contribution >= 0.6 is 0 Å². The molecule has 1 fully saturated rings. The summed E-state index contributed by atoms with van der Waals surface area (Å²) in [6, 6.07) is 4.23. The van der Waals surface area contributed by atoms with E-state index < -0.39 is 32.4 Å². The van der Waals surface area contributed by atoms with Crippen LogP contribution in [0.5, 0.6) is 0 Å². The van der Waals surface area contributed by atoms with Crippen molar-refractivity contribution in [3.8, 4) is 0 Å². The van der Waals surface area contributed by atoms with Gasteiger partial charge in [-0.15, -0.1) is 0 Å². The topological polar surface area (TPSA) is 115 Å². The first kappa shape index (κ1) is 20.0. The van der Waals surface area contributed by atoms with Gasteiger partial charge in [0, 0.05) is 38.1 Å². The van der Waals surface area contributed by atoms with Crippen molar-refractivity contribution in [2.75, 3.05) is 18.4 Å². The van der Waals surface area contributed by atoms with Gasteiger partial charge in [0.1, 0.15) is 10.6 Å². The molecule has 1 aromatic carbocycles. The Morgan fingerprint density at radius 3 is 2.54 bits per heavy atom. The smallest absolute Gasteiger partial charge is 0.306 e. The van der Waals surface area contributed by atoms with Crippen LogP contribution in [0.4, 0.5) is 15.8 Å². The lowest BCUT2D eigenvalue weighted by molar-refractivity contribution is -0.387. The second kappa shape index (κ2) is 7.68. The van der Waals surface area contributed by atoms with Crippen molar-refractivity contribution in [2.24, 2.45) is 7.05 Å². The standard InChI is InChI=1S/C17H19FN4O5S/c1-20-11-13(28(26,27)21-7-3-2-4-8-21)10-16(20)17(23)19-12-5-6-14(18)15(9-12)22(24)25/h5-6,9-11H,2-4,7-8H2,1H3,(H,19,23). The molecular weight excluding hydrogens is 391 g/mol. The maximum atomic E-state index is 13.4. The van der Waals surface area contributed by atoms with Gasteiger partial charge in [-0.3, -0.25) is 14.9 Å². The van der Waals surface area contributed by atoms with Crippen LogP contribution in [0.15, 0.2) is 35.4 Å². The number of piperidine rings is 1. The number of sulfonamides is 1. The van der Waals surface area contributed by atoms with E-state index in [9.17, 15) is 27.7 Å². The largest absolute Gasteiger partial charge is 0.345 e. The molecule has 28 heavy (non-hydrogen) atoms. The summed E-state index contributed by atoms with van der Waals surface area (Å²) in [5.41, 5.74) is -0.680. The van der Waals surface area contributed by atoms with E-state index in [-0.39, 0.29) is 16.3 Å². The van der Waals surface area contributed by atoms with Crippen LogP contribution in [-0.2, 0) is 17.1 Å². The number of nitrogens with zero attached hydrogens (tertiary/aromatic N) is 3. The molecule has 0 unspecified atom stereocenters. The predicted octanol–water partition coefficient (Wildman–Crippen LogP) is 2.50. The van der Waals surface area contributed by atoms with Gasteiger partial charge in [0.05, 0.1) is 4.92 Å². The molecule has 0 bridgehead atoms. The summed E-state index contributed by atoms with van der Waals surface area (Å²) in [6.07, 6.45) is 3.93. The Morgan fingerprint density at radius 2 is 1.89 bits per heavy atom. The third kappa shape index (κ3) is 3.90. The van der Waals surface area contributed by atoms with Gasteiger partial charge >= 0.3 is 5.69 Å². The Bertz CT molecular complexity index is 1030. The minimum atomic E-state index is -3.70. The second-order valence-electron chi connectivity index (χ2n) is 6.51. The zero-order valence-electron chi connectivity index (χ0n) is 15.1. The summed E-state index contributed by atoms with van der Waals surface area (Å²) in [6.45, 7) is 0.885. The second-order valence-corrected chi connectivity index (χ2v) is 8.45. The molecule has 0 atom stereocenters. The number of anilines is 1. The fraction of sp³-hybridized carbons (Fsp3) is 0.353. The van der Waals surface area contributed by atoms with Crippen molar-refractivity contribution >= 4 is 27.3 Å². The number of aromatic nitrogens is 1. The molecule has 2 aromatic rings. The molecule has 1 aromatic heterocycles. The van der Waals surface area contributed by atoms with Crippen LogP contribution in [0.2, 0.25) is 0 Å². The molecule has 9 nitrogen and oxygen atoms in total. The van der Waals surface area contributed by atoms with E-state index in [0.717, 1.165) is 31.4 Å². The maximum Gasteiger partial charge on any atom is 0.306 e. The molecule has 1 saturated heterocycles. The zero-order valence-corrected chi connectivity index (χ0v) is 15.9. The zero-order chi connectivity index (χ0) is 20.5. The number of amides is 1. The van der Waals surface area contributed by atoms with E-state index in [4.69, 9.17) is 0 Å². The number of benzene rings is 1. The first-order chi connectivity index (χ1) is 13.2. The van der Waals surface area contributed by atoms with Crippen molar-refractivity contribution in [2.45, 2.75) is 24.2 Å². The monoisotopic (exact) mass is 410 g/mol. The van der Waals surface area contributed by atoms with Crippen LogP contribution in [0.3, 0.4) is 0 Å². The number of carbonyl (C=O) groups excluding carboxylic acids is 1. The van der Waals surface area contributed by atoms with E-state index in [1.807, 2.05) is 0 Å². The van der Waals surface area contributed by atoms with Crippen LogP contribution < -0.4 is 5.32 Å². The summed E-state index contributed by atoms with van der Waals surface area (Å²) in [5.74, 6) is -1.68. The number of carbonyl (C=O) groups is 1. The Balaban J connectivity index is 1.84. The number of nitro groups is 1. The lowest BCUT2D eigenvalue weighted by Gasteiger charge is -2.25. The Labute approximate surface area is 161 Å². The normalized spacial score (nSPS) is 15.4. The number of nitro benzene ring substituents is 1. The SMILES string of the molecule is Cn1cc(S(=O)(=O)N2CCCCC2)cc1C(=O)Nc1ccc(F)c([N+](=O)[O-])c1. The van der Waals surface area contributed by atoms with Gasteiger partial charge in [0.15, 0.2) is 0 Å². The van der Waals surface area contributed by atoms with E-state index in [2.05, 4.69) is 5.32 Å².